The Morgan fingerprint density at radius 1 is 1.67 bits per heavy atom. The lowest BCUT2D eigenvalue weighted by Crippen LogP contribution is -1.87. The molecule has 0 bridgehead atoms. The maximum Gasteiger partial charge on any atom is 0.0809 e. The van der Waals surface area contributed by atoms with Crippen LogP contribution in [0.15, 0.2) is 17.5 Å². The first-order valence-electron chi connectivity index (χ1n) is 3.03. The Balaban J connectivity index is 2.30. The van der Waals surface area contributed by atoms with Crippen molar-refractivity contribution in [3.63, 3.8) is 0 Å². The summed E-state index contributed by atoms with van der Waals surface area (Å²) in [5.41, 5.74) is 0. The van der Waals surface area contributed by atoms with Crippen molar-refractivity contribution in [2.24, 2.45) is 0 Å². The highest BCUT2D eigenvalue weighted by molar-refractivity contribution is 7.09. The molecule has 0 aliphatic heterocycles. The van der Waals surface area contributed by atoms with Crippen LogP contribution in [0.1, 0.15) is 11.8 Å². The first-order valence-corrected chi connectivity index (χ1v) is 3.91. The highest BCUT2D eigenvalue weighted by Gasteiger charge is 1.89. The van der Waals surface area contributed by atoms with E-state index in [-0.39, 0.29) is 0 Å². The zero-order valence-corrected chi connectivity index (χ0v) is 6.28. The van der Waals surface area contributed by atoms with Gasteiger partial charge in [-0.15, -0.1) is 11.3 Å². The molecule has 0 fully saturated rings. The molecule has 0 saturated carbocycles. The molecular formula is C7H10OS. The third-order valence-corrected chi connectivity index (χ3v) is 1.88. The average molecular weight is 142 g/mol. The van der Waals surface area contributed by atoms with Gasteiger partial charge < -0.3 is 4.74 Å². The summed E-state index contributed by atoms with van der Waals surface area (Å²) < 4.78 is 5.19. The summed E-state index contributed by atoms with van der Waals surface area (Å²) in [7, 11) is 0. The fourth-order valence-electron chi connectivity index (χ4n) is 0.597. The number of ether oxygens (including phenoxy) is 1. The van der Waals surface area contributed by atoms with E-state index in [0.29, 0.717) is 0 Å². The van der Waals surface area contributed by atoms with Gasteiger partial charge in [-0.05, 0) is 18.4 Å². The van der Waals surface area contributed by atoms with Crippen LogP contribution in [0.4, 0.5) is 0 Å². The minimum absolute atomic E-state index is 0.772. The Labute approximate surface area is 59.3 Å². The molecule has 0 aliphatic carbocycles. The van der Waals surface area contributed by atoms with Gasteiger partial charge in [0.25, 0.3) is 0 Å². The fourth-order valence-corrected chi connectivity index (χ4v) is 1.24. The molecule has 0 aliphatic rings. The molecule has 1 heterocycles. The Kier molecular flexibility index (Phi) is 2.74. The summed E-state index contributed by atoms with van der Waals surface area (Å²) in [6.45, 7) is 3.58. The van der Waals surface area contributed by atoms with Crippen molar-refractivity contribution in [1.29, 1.82) is 0 Å². The molecule has 50 valence electrons. The smallest absolute Gasteiger partial charge is 0.0809 e. The number of hydrogen-bond acceptors (Lipinski definition) is 2. The first kappa shape index (κ1) is 6.78. The molecular weight excluding hydrogens is 132 g/mol. The molecule has 0 amide bonds. The maximum atomic E-state index is 5.19. The van der Waals surface area contributed by atoms with Crippen molar-refractivity contribution in [3.05, 3.63) is 22.4 Å². The summed E-state index contributed by atoms with van der Waals surface area (Å²) in [4.78, 5) is 1.30. The van der Waals surface area contributed by atoms with Crippen molar-refractivity contribution in [2.75, 3.05) is 6.61 Å². The Hall–Kier alpha value is -0.340. The summed E-state index contributed by atoms with van der Waals surface area (Å²) >= 11 is 1.74. The van der Waals surface area contributed by atoms with Gasteiger partial charge in [0.15, 0.2) is 0 Å². The topological polar surface area (TPSA) is 9.23 Å². The van der Waals surface area contributed by atoms with E-state index in [1.54, 1.807) is 11.3 Å². The van der Waals surface area contributed by atoms with Crippen molar-refractivity contribution < 1.29 is 4.74 Å². The molecule has 0 radical (unpaired) electrons. The lowest BCUT2D eigenvalue weighted by atomic mass is 10.5. The molecule has 1 aromatic rings. The van der Waals surface area contributed by atoms with Crippen LogP contribution in [0.5, 0.6) is 0 Å². The van der Waals surface area contributed by atoms with Gasteiger partial charge in [0.05, 0.1) is 6.61 Å². The van der Waals surface area contributed by atoms with Gasteiger partial charge >= 0.3 is 0 Å². The van der Waals surface area contributed by atoms with Gasteiger partial charge in [-0.25, -0.2) is 0 Å². The second kappa shape index (κ2) is 3.64. The Morgan fingerprint density at radius 3 is 3.11 bits per heavy atom. The molecule has 0 unspecified atom stereocenters. The van der Waals surface area contributed by atoms with Crippen LogP contribution in [0.25, 0.3) is 0 Å². The molecule has 0 atom stereocenters. The molecule has 1 rings (SSSR count). The van der Waals surface area contributed by atoms with Crippen LogP contribution in [0.2, 0.25) is 0 Å². The van der Waals surface area contributed by atoms with Gasteiger partial charge in [0.1, 0.15) is 0 Å². The summed E-state index contributed by atoms with van der Waals surface area (Å²) in [5.74, 6) is 0. The molecule has 0 spiro atoms. The van der Waals surface area contributed by atoms with Gasteiger partial charge in [-0.1, -0.05) is 6.07 Å². The Morgan fingerprint density at radius 2 is 2.56 bits per heavy atom. The summed E-state index contributed by atoms with van der Waals surface area (Å²) in [5, 5.41) is 2.06. The van der Waals surface area contributed by atoms with E-state index < -0.39 is 0 Å². The van der Waals surface area contributed by atoms with Gasteiger partial charge in [-0.2, -0.15) is 0 Å². The highest BCUT2D eigenvalue weighted by Crippen LogP contribution is 2.08. The van der Waals surface area contributed by atoms with Crippen molar-refractivity contribution in [1.82, 2.24) is 0 Å². The van der Waals surface area contributed by atoms with E-state index in [0.717, 1.165) is 13.2 Å². The van der Waals surface area contributed by atoms with Gasteiger partial charge in [0.2, 0.25) is 0 Å². The zero-order valence-electron chi connectivity index (χ0n) is 5.46. The molecule has 0 aromatic carbocycles. The second-order valence-electron chi connectivity index (χ2n) is 1.72. The average Bonchev–Trinajstić information content (AvgIpc) is 2.34. The van der Waals surface area contributed by atoms with Crippen molar-refractivity contribution in [3.8, 4) is 0 Å². The fraction of sp³-hybridized carbons (Fsp3) is 0.429. The standard InChI is InChI=1S/C7H10OS/c1-2-8-6-7-4-3-5-9-7/h3-5H,2,6H2,1H3. The molecule has 2 heteroatoms. The third kappa shape index (κ3) is 2.16. The van der Waals surface area contributed by atoms with Crippen molar-refractivity contribution in [2.45, 2.75) is 13.5 Å². The van der Waals surface area contributed by atoms with E-state index in [1.165, 1.54) is 4.88 Å². The van der Waals surface area contributed by atoms with Crippen LogP contribution >= 0.6 is 11.3 Å². The SMILES string of the molecule is CCOCc1cccs1. The molecule has 1 aromatic heterocycles. The molecule has 0 saturated heterocycles. The van der Waals surface area contributed by atoms with Crippen LogP contribution in [-0.2, 0) is 11.3 Å². The maximum absolute atomic E-state index is 5.19. The molecule has 9 heavy (non-hydrogen) atoms. The van der Waals surface area contributed by atoms with E-state index in [4.69, 9.17) is 4.74 Å². The van der Waals surface area contributed by atoms with Crippen LogP contribution in [0.3, 0.4) is 0 Å². The predicted octanol–water partition coefficient (Wildman–Crippen LogP) is 2.28. The zero-order chi connectivity index (χ0) is 6.53. The van der Waals surface area contributed by atoms with Crippen molar-refractivity contribution >= 4 is 11.3 Å². The Bertz CT molecular complexity index is 146. The van der Waals surface area contributed by atoms with Crippen LogP contribution < -0.4 is 0 Å². The summed E-state index contributed by atoms with van der Waals surface area (Å²) in [6.07, 6.45) is 0. The van der Waals surface area contributed by atoms with Crippen LogP contribution in [0, 0.1) is 0 Å². The van der Waals surface area contributed by atoms with E-state index in [2.05, 4.69) is 11.4 Å². The molecule has 1 nitrogen and oxygen atoms in total. The van der Waals surface area contributed by atoms with Crippen LogP contribution in [-0.4, -0.2) is 6.61 Å². The first-order chi connectivity index (χ1) is 4.43. The summed E-state index contributed by atoms with van der Waals surface area (Å²) in [6, 6.07) is 4.12. The van der Waals surface area contributed by atoms with E-state index >= 15 is 0 Å². The monoisotopic (exact) mass is 142 g/mol. The van der Waals surface area contributed by atoms with E-state index in [9.17, 15) is 0 Å². The lowest BCUT2D eigenvalue weighted by Gasteiger charge is -1.94. The third-order valence-electron chi connectivity index (χ3n) is 1.03. The quantitative estimate of drug-likeness (QED) is 0.629. The number of rotatable bonds is 3. The largest absolute Gasteiger partial charge is 0.376 e. The van der Waals surface area contributed by atoms with E-state index in [1.807, 2.05) is 13.0 Å². The second-order valence-corrected chi connectivity index (χ2v) is 2.75. The minimum Gasteiger partial charge on any atom is -0.376 e. The van der Waals surface area contributed by atoms with Gasteiger partial charge in [-0.3, -0.25) is 0 Å². The normalized spacial score (nSPS) is 9.89. The molecule has 0 N–H and O–H groups in total. The predicted molar refractivity (Wildman–Crippen MR) is 39.6 cm³/mol. The minimum atomic E-state index is 0.772. The number of thiophene rings is 1. The van der Waals surface area contributed by atoms with Gasteiger partial charge in [0, 0.05) is 11.5 Å². The number of hydrogen-bond donors (Lipinski definition) is 0. The lowest BCUT2D eigenvalue weighted by molar-refractivity contribution is 0.136. The highest BCUT2D eigenvalue weighted by atomic mass is 32.1.